The molecule has 2 N–H and O–H groups in total. The first-order chi connectivity index (χ1) is 17.5. The SMILES string of the molecule is COc1cc(C)c2[nH]ccc2c1CN1CC[C@H](OCC2CC2)C[C@H]1c1ccc(C(=O)O)c2c1CCC2. The van der Waals surface area contributed by atoms with Gasteiger partial charge >= 0.3 is 5.97 Å². The van der Waals surface area contributed by atoms with Crippen molar-refractivity contribution < 1.29 is 19.4 Å². The second kappa shape index (κ2) is 9.56. The van der Waals surface area contributed by atoms with Crippen molar-refractivity contribution in [1.82, 2.24) is 9.88 Å². The number of methoxy groups -OCH3 is 1. The topological polar surface area (TPSA) is 74.8 Å². The zero-order valence-corrected chi connectivity index (χ0v) is 21.3. The fourth-order valence-corrected chi connectivity index (χ4v) is 6.43. The van der Waals surface area contributed by atoms with E-state index >= 15 is 0 Å². The molecule has 6 heteroatoms. The van der Waals surface area contributed by atoms with Crippen LogP contribution in [0.15, 0.2) is 30.5 Å². The van der Waals surface area contributed by atoms with E-state index in [0.29, 0.717) is 5.56 Å². The highest BCUT2D eigenvalue weighted by Gasteiger charge is 2.35. The Bertz CT molecular complexity index is 1290. The van der Waals surface area contributed by atoms with Crippen molar-refractivity contribution in [3.63, 3.8) is 0 Å². The summed E-state index contributed by atoms with van der Waals surface area (Å²) >= 11 is 0. The number of hydrogen-bond donors (Lipinski definition) is 2. The van der Waals surface area contributed by atoms with Gasteiger partial charge in [-0.1, -0.05) is 6.07 Å². The summed E-state index contributed by atoms with van der Waals surface area (Å²) in [5.74, 6) is 0.862. The van der Waals surface area contributed by atoms with Crippen LogP contribution in [-0.2, 0) is 24.1 Å². The second-order valence-corrected chi connectivity index (χ2v) is 10.9. The van der Waals surface area contributed by atoms with Crippen LogP contribution >= 0.6 is 0 Å². The van der Waals surface area contributed by atoms with Gasteiger partial charge in [0.2, 0.25) is 0 Å². The lowest BCUT2D eigenvalue weighted by molar-refractivity contribution is -0.0230. The number of nitrogens with zero attached hydrogens (tertiary/aromatic N) is 1. The first kappa shape index (κ1) is 23.6. The van der Waals surface area contributed by atoms with Crippen LogP contribution in [0.2, 0.25) is 0 Å². The molecule has 1 saturated heterocycles. The number of carbonyl (C=O) groups is 1. The van der Waals surface area contributed by atoms with E-state index in [1.807, 2.05) is 12.3 Å². The molecule has 0 amide bonds. The number of piperidine rings is 1. The Morgan fingerprint density at radius 3 is 2.78 bits per heavy atom. The summed E-state index contributed by atoms with van der Waals surface area (Å²) in [5.41, 5.74) is 7.63. The first-order valence-corrected chi connectivity index (χ1v) is 13.4. The number of hydrogen-bond acceptors (Lipinski definition) is 4. The lowest BCUT2D eigenvalue weighted by Gasteiger charge is -2.41. The van der Waals surface area contributed by atoms with Crippen molar-refractivity contribution in [3.05, 3.63) is 63.8 Å². The van der Waals surface area contributed by atoms with Gasteiger partial charge < -0.3 is 19.6 Å². The third-order valence-corrected chi connectivity index (χ3v) is 8.53. The standard InChI is InChI=1S/C30H36N2O4/c1-18-14-28(35-2)26(24-10-12-31-29(18)24)16-32-13-11-20(36-17-19-6-7-19)15-27(32)23-8-9-25(30(33)34)22-5-3-4-21(22)23/h8-10,12,14,19-20,27,31H,3-7,11,13,15-17H2,1-2H3,(H,33,34)/t20-,27-/m0/s1. The lowest BCUT2D eigenvalue weighted by atomic mass is 9.87. The number of benzene rings is 2. The number of likely N-dealkylation sites (tertiary alicyclic amines) is 1. The number of fused-ring (bicyclic) bond motifs is 2. The lowest BCUT2D eigenvalue weighted by Crippen LogP contribution is -2.40. The molecule has 0 radical (unpaired) electrons. The van der Waals surface area contributed by atoms with E-state index in [4.69, 9.17) is 9.47 Å². The molecule has 36 heavy (non-hydrogen) atoms. The second-order valence-electron chi connectivity index (χ2n) is 10.9. The average molecular weight is 489 g/mol. The van der Waals surface area contributed by atoms with Crippen molar-refractivity contribution in [2.24, 2.45) is 5.92 Å². The van der Waals surface area contributed by atoms with Crippen LogP contribution in [0.1, 0.15) is 76.3 Å². The van der Waals surface area contributed by atoms with E-state index in [1.165, 1.54) is 40.5 Å². The minimum absolute atomic E-state index is 0.192. The monoisotopic (exact) mass is 488 g/mol. The number of aromatic nitrogens is 1. The summed E-state index contributed by atoms with van der Waals surface area (Å²) < 4.78 is 12.3. The number of nitrogens with one attached hydrogen (secondary N) is 1. The van der Waals surface area contributed by atoms with E-state index in [2.05, 4.69) is 35.0 Å². The Labute approximate surface area is 212 Å². The molecule has 3 aliphatic rings. The van der Waals surface area contributed by atoms with Crippen molar-refractivity contribution in [1.29, 1.82) is 0 Å². The molecule has 2 atom stereocenters. The molecule has 0 bridgehead atoms. The quantitative estimate of drug-likeness (QED) is 0.419. The number of aromatic carboxylic acids is 1. The van der Waals surface area contributed by atoms with Gasteiger partial charge in [-0.15, -0.1) is 0 Å². The number of aryl methyl sites for hydroxylation is 1. The maximum Gasteiger partial charge on any atom is 0.335 e. The van der Waals surface area contributed by atoms with E-state index in [-0.39, 0.29) is 12.1 Å². The summed E-state index contributed by atoms with van der Waals surface area (Å²) in [5, 5.41) is 11.0. The van der Waals surface area contributed by atoms with E-state index in [0.717, 1.165) is 74.5 Å². The number of rotatable bonds is 8. The average Bonchev–Trinajstić information content (AvgIpc) is 3.34. The molecule has 6 rings (SSSR count). The third kappa shape index (κ3) is 4.31. The molecule has 0 spiro atoms. The minimum atomic E-state index is -0.815. The molecule has 1 aromatic heterocycles. The van der Waals surface area contributed by atoms with Gasteiger partial charge in [-0.05, 0) is 98.2 Å². The maximum atomic E-state index is 11.9. The molecule has 2 aliphatic carbocycles. The van der Waals surface area contributed by atoms with Crippen LogP contribution in [0.3, 0.4) is 0 Å². The van der Waals surface area contributed by atoms with Gasteiger partial charge in [0, 0.05) is 48.4 Å². The fourth-order valence-electron chi connectivity index (χ4n) is 6.43. The zero-order chi connectivity index (χ0) is 24.8. The Hall–Kier alpha value is -2.83. The Morgan fingerprint density at radius 1 is 1.17 bits per heavy atom. The summed E-state index contributed by atoms with van der Waals surface area (Å²) in [6, 6.07) is 8.41. The molecule has 2 aromatic carbocycles. The van der Waals surface area contributed by atoms with Gasteiger partial charge in [0.1, 0.15) is 5.75 Å². The molecule has 2 fully saturated rings. The summed E-state index contributed by atoms with van der Waals surface area (Å²) in [6.07, 6.45) is 9.64. The molecule has 1 aliphatic heterocycles. The Morgan fingerprint density at radius 2 is 2.00 bits per heavy atom. The van der Waals surface area contributed by atoms with Gasteiger partial charge in [-0.3, -0.25) is 4.90 Å². The molecular weight excluding hydrogens is 452 g/mol. The van der Waals surface area contributed by atoms with Crippen molar-refractivity contribution in [2.75, 3.05) is 20.3 Å². The van der Waals surface area contributed by atoms with Crippen molar-refractivity contribution >= 4 is 16.9 Å². The fraction of sp³-hybridized carbons (Fsp3) is 0.500. The highest BCUT2D eigenvalue weighted by Crippen LogP contribution is 2.42. The first-order valence-electron chi connectivity index (χ1n) is 13.4. The van der Waals surface area contributed by atoms with E-state index in [9.17, 15) is 9.90 Å². The zero-order valence-electron chi connectivity index (χ0n) is 21.3. The molecular formula is C30H36N2O4. The van der Waals surface area contributed by atoms with Crippen LogP contribution < -0.4 is 4.74 Å². The van der Waals surface area contributed by atoms with Crippen molar-refractivity contribution in [2.45, 2.75) is 70.6 Å². The summed E-state index contributed by atoms with van der Waals surface area (Å²) in [6.45, 7) is 4.72. The highest BCUT2D eigenvalue weighted by atomic mass is 16.5. The van der Waals surface area contributed by atoms with Gasteiger partial charge in [0.05, 0.1) is 18.8 Å². The summed E-state index contributed by atoms with van der Waals surface area (Å²) in [7, 11) is 1.75. The van der Waals surface area contributed by atoms with Gasteiger partial charge in [-0.2, -0.15) is 0 Å². The Balaban J connectivity index is 1.37. The molecule has 0 unspecified atom stereocenters. The maximum absolute atomic E-state index is 11.9. The van der Waals surface area contributed by atoms with Crippen LogP contribution in [0.4, 0.5) is 0 Å². The molecule has 3 aromatic rings. The third-order valence-electron chi connectivity index (χ3n) is 8.53. The van der Waals surface area contributed by atoms with Crippen LogP contribution in [0.25, 0.3) is 10.9 Å². The summed E-state index contributed by atoms with van der Waals surface area (Å²) in [4.78, 5) is 17.9. The van der Waals surface area contributed by atoms with Crippen LogP contribution in [0.5, 0.6) is 5.75 Å². The minimum Gasteiger partial charge on any atom is -0.496 e. The largest absolute Gasteiger partial charge is 0.496 e. The number of carboxylic acids is 1. The van der Waals surface area contributed by atoms with Gasteiger partial charge in [-0.25, -0.2) is 4.79 Å². The Kier molecular flexibility index (Phi) is 6.26. The van der Waals surface area contributed by atoms with Gasteiger partial charge in [0.15, 0.2) is 0 Å². The predicted molar refractivity (Wildman–Crippen MR) is 140 cm³/mol. The van der Waals surface area contributed by atoms with E-state index in [1.54, 1.807) is 7.11 Å². The van der Waals surface area contributed by atoms with Crippen LogP contribution in [-0.4, -0.2) is 47.3 Å². The number of carboxylic acid groups (broad SMARTS) is 1. The molecule has 2 heterocycles. The van der Waals surface area contributed by atoms with Crippen molar-refractivity contribution in [3.8, 4) is 5.75 Å². The number of ether oxygens (including phenoxy) is 2. The highest BCUT2D eigenvalue weighted by molar-refractivity contribution is 5.90. The van der Waals surface area contributed by atoms with Crippen LogP contribution in [0, 0.1) is 12.8 Å². The normalized spacial score (nSPS) is 22.2. The number of H-pyrrole nitrogens is 1. The molecule has 1 saturated carbocycles. The smallest absolute Gasteiger partial charge is 0.335 e. The number of aromatic amines is 1. The van der Waals surface area contributed by atoms with E-state index < -0.39 is 5.97 Å². The molecule has 190 valence electrons. The predicted octanol–water partition coefficient (Wildman–Crippen LogP) is 5.80. The van der Waals surface area contributed by atoms with Gasteiger partial charge in [0.25, 0.3) is 0 Å². The molecule has 6 nitrogen and oxygen atoms in total.